The molecular weight excluding hydrogens is 348 g/mol. The SMILES string of the molecule is CC1(C)NC(=O)N(c2cnc(Oc3ccc4c(c3)C(C)(C)CO4)nc2)C1=O. The van der Waals surface area contributed by atoms with Gasteiger partial charge in [0.15, 0.2) is 0 Å². The molecule has 0 bridgehead atoms. The van der Waals surface area contributed by atoms with Crippen LogP contribution in [0.15, 0.2) is 30.6 Å². The van der Waals surface area contributed by atoms with Crippen molar-refractivity contribution in [3.05, 3.63) is 36.2 Å². The fraction of sp³-hybridized carbons (Fsp3) is 0.368. The highest BCUT2D eigenvalue weighted by atomic mass is 16.5. The predicted octanol–water partition coefficient (Wildman–Crippen LogP) is 2.77. The first-order valence-electron chi connectivity index (χ1n) is 8.61. The Labute approximate surface area is 156 Å². The molecule has 2 aromatic rings. The van der Waals surface area contributed by atoms with E-state index in [9.17, 15) is 9.59 Å². The van der Waals surface area contributed by atoms with Crippen LogP contribution in [-0.4, -0.2) is 34.1 Å². The number of carbonyl (C=O) groups excluding carboxylic acids is 2. The van der Waals surface area contributed by atoms with Gasteiger partial charge in [-0.25, -0.2) is 19.7 Å². The van der Waals surface area contributed by atoms with Gasteiger partial charge in [-0.15, -0.1) is 0 Å². The van der Waals surface area contributed by atoms with E-state index in [-0.39, 0.29) is 17.3 Å². The number of anilines is 1. The lowest BCUT2D eigenvalue weighted by atomic mass is 9.87. The summed E-state index contributed by atoms with van der Waals surface area (Å²) in [7, 11) is 0. The van der Waals surface area contributed by atoms with Crippen LogP contribution in [0, 0.1) is 0 Å². The molecule has 1 saturated heterocycles. The van der Waals surface area contributed by atoms with Crippen molar-refractivity contribution in [3.63, 3.8) is 0 Å². The minimum Gasteiger partial charge on any atom is -0.492 e. The molecule has 1 aromatic heterocycles. The van der Waals surface area contributed by atoms with Crippen LogP contribution in [0.5, 0.6) is 17.5 Å². The molecule has 140 valence electrons. The zero-order valence-corrected chi connectivity index (χ0v) is 15.6. The molecule has 1 N–H and O–H groups in total. The molecule has 27 heavy (non-hydrogen) atoms. The Hall–Kier alpha value is -3.16. The fourth-order valence-electron chi connectivity index (χ4n) is 3.13. The number of benzene rings is 1. The molecule has 4 rings (SSSR count). The Balaban J connectivity index is 1.54. The van der Waals surface area contributed by atoms with E-state index in [4.69, 9.17) is 9.47 Å². The Kier molecular flexibility index (Phi) is 3.62. The van der Waals surface area contributed by atoms with Crippen LogP contribution in [0.4, 0.5) is 10.5 Å². The van der Waals surface area contributed by atoms with Crippen LogP contribution < -0.4 is 19.7 Å². The van der Waals surface area contributed by atoms with Gasteiger partial charge in [0, 0.05) is 11.0 Å². The first kappa shape index (κ1) is 17.3. The largest absolute Gasteiger partial charge is 0.492 e. The van der Waals surface area contributed by atoms with Gasteiger partial charge in [-0.05, 0) is 32.0 Å². The van der Waals surface area contributed by atoms with Crippen LogP contribution in [0.25, 0.3) is 0 Å². The van der Waals surface area contributed by atoms with Crippen molar-refractivity contribution in [2.24, 2.45) is 0 Å². The molecule has 8 nitrogen and oxygen atoms in total. The summed E-state index contributed by atoms with van der Waals surface area (Å²) in [4.78, 5) is 33.6. The quantitative estimate of drug-likeness (QED) is 0.838. The summed E-state index contributed by atoms with van der Waals surface area (Å²) in [5.41, 5.74) is 0.318. The molecule has 0 saturated carbocycles. The molecule has 0 unspecified atom stereocenters. The molecule has 8 heteroatoms. The molecule has 0 atom stereocenters. The van der Waals surface area contributed by atoms with Gasteiger partial charge in [-0.1, -0.05) is 13.8 Å². The van der Waals surface area contributed by atoms with Gasteiger partial charge in [0.05, 0.1) is 24.7 Å². The van der Waals surface area contributed by atoms with E-state index in [0.717, 1.165) is 16.2 Å². The number of hydrogen-bond acceptors (Lipinski definition) is 6. The fourth-order valence-corrected chi connectivity index (χ4v) is 3.13. The number of rotatable bonds is 3. The number of hydrogen-bond donors (Lipinski definition) is 1. The molecule has 1 fully saturated rings. The standard InChI is InChI=1S/C19H20N4O4/c1-18(2)10-26-14-6-5-12(7-13(14)18)27-16-20-8-11(9-21-16)23-15(24)19(3,4)22-17(23)25/h5-9H,10H2,1-4H3,(H,22,25). The van der Waals surface area contributed by atoms with Crippen molar-refractivity contribution in [2.45, 2.75) is 38.6 Å². The second-order valence-electron chi connectivity index (χ2n) is 7.85. The molecule has 0 radical (unpaired) electrons. The molecule has 2 aliphatic rings. The Morgan fingerprint density at radius 1 is 1.15 bits per heavy atom. The highest BCUT2D eigenvalue weighted by Gasteiger charge is 2.45. The number of nitrogens with zero attached hydrogens (tertiary/aromatic N) is 3. The number of ether oxygens (including phenoxy) is 2. The number of imide groups is 1. The molecule has 3 amide bonds. The third kappa shape index (κ3) is 2.87. The summed E-state index contributed by atoms with van der Waals surface area (Å²) in [6.07, 6.45) is 2.78. The van der Waals surface area contributed by atoms with Gasteiger partial charge in [-0.3, -0.25) is 4.79 Å². The average Bonchev–Trinajstić information content (AvgIpc) is 3.01. The highest BCUT2D eigenvalue weighted by Crippen LogP contribution is 2.40. The average molecular weight is 368 g/mol. The van der Waals surface area contributed by atoms with Gasteiger partial charge in [0.25, 0.3) is 5.91 Å². The summed E-state index contributed by atoms with van der Waals surface area (Å²) in [5, 5.41) is 2.62. The molecule has 0 aliphatic carbocycles. The van der Waals surface area contributed by atoms with Crippen molar-refractivity contribution >= 4 is 17.6 Å². The third-order valence-electron chi connectivity index (χ3n) is 4.71. The van der Waals surface area contributed by atoms with Gasteiger partial charge in [0.2, 0.25) is 0 Å². The summed E-state index contributed by atoms with van der Waals surface area (Å²) < 4.78 is 11.4. The molecule has 3 heterocycles. The molecular formula is C19H20N4O4. The van der Waals surface area contributed by atoms with Crippen LogP contribution in [0.1, 0.15) is 33.3 Å². The lowest BCUT2D eigenvalue weighted by Crippen LogP contribution is -2.40. The minimum atomic E-state index is -0.953. The van der Waals surface area contributed by atoms with E-state index in [1.165, 1.54) is 12.4 Å². The molecule has 1 aromatic carbocycles. The van der Waals surface area contributed by atoms with Gasteiger partial charge in [-0.2, -0.15) is 0 Å². The summed E-state index contributed by atoms with van der Waals surface area (Å²) in [5.74, 6) is 1.09. The van der Waals surface area contributed by atoms with Crippen molar-refractivity contribution in [1.82, 2.24) is 15.3 Å². The van der Waals surface area contributed by atoms with E-state index in [0.29, 0.717) is 18.0 Å². The van der Waals surface area contributed by atoms with Crippen molar-refractivity contribution < 1.29 is 19.1 Å². The zero-order chi connectivity index (χ0) is 19.4. The normalized spacial score (nSPS) is 19.5. The van der Waals surface area contributed by atoms with Gasteiger partial charge >= 0.3 is 12.0 Å². The number of carbonyl (C=O) groups is 2. The maximum atomic E-state index is 12.3. The second-order valence-corrected chi connectivity index (χ2v) is 7.85. The topological polar surface area (TPSA) is 93.7 Å². The smallest absolute Gasteiger partial charge is 0.329 e. The van der Waals surface area contributed by atoms with Crippen LogP contribution in [-0.2, 0) is 10.2 Å². The summed E-state index contributed by atoms with van der Waals surface area (Å²) >= 11 is 0. The van der Waals surface area contributed by atoms with Crippen molar-refractivity contribution in [1.29, 1.82) is 0 Å². The third-order valence-corrected chi connectivity index (χ3v) is 4.71. The molecule has 0 spiro atoms. The van der Waals surface area contributed by atoms with Crippen LogP contribution in [0.2, 0.25) is 0 Å². The number of aromatic nitrogens is 2. The number of nitrogens with one attached hydrogen (secondary N) is 1. The van der Waals surface area contributed by atoms with E-state index in [1.54, 1.807) is 19.9 Å². The molecule has 2 aliphatic heterocycles. The lowest BCUT2D eigenvalue weighted by Gasteiger charge is -2.16. The van der Waals surface area contributed by atoms with E-state index >= 15 is 0 Å². The number of fused-ring (bicyclic) bond motifs is 1. The van der Waals surface area contributed by atoms with Gasteiger partial charge < -0.3 is 14.8 Å². The Morgan fingerprint density at radius 2 is 1.85 bits per heavy atom. The number of amides is 3. The Morgan fingerprint density at radius 3 is 2.48 bits per heavy atom. The lowest BCUT2D eigenvalue weighted by molar-refractivity contribution is -0.121. The maximum absolute atomic E-state index is 12.3. The maximum Gasteiger partial charge on any atom is 0.329 e. The summed E-state index contributed by atoms with van der Waals surface area (Å²) in [6, 6.07) is 5.20. The van der Waals surface area contributed by atoms with Crippen LogP contribution >= 0.6 is 0 Å². The first-order chi connectivity index (χ1) is 12.7. The first-order valence-corrected chi connectivity index (χ1v) is 8.61. The Bertz CT molecular complexity index is 937. The van der Waals surface area contributed by atoms with Crippen molar-refractivity contribution in [2.75, 3.05) is 11.5 Å². The van der Waals surface area contributed by atoms with E-state index in [1.807, 2.05) is 12.1 Å². The van der Waals surface area contributed by atoms with Crippen molar-refractivity contribution in [3.8, 4) is 17.5 Å². The van der Waals surface area contributed by atoms with E-state index in [2.05, 4.69) is 29.1 Å². The van der Waals surface area contributed by atoms with Crippen LogP contribution in [0.3, 0.4) is 0 Å². The second kappa shape index (κ2) is 5.67. The highest BCUT2D eigenvalue weighted by molar-refractivity contribution is 6.22. The van der Waals surface area contributed by atoms with E-state index < -0.39 is 11.6 Å². The summed E-state index contributed by atoms with van der Waals surface area (Å²) in [6.45, 7) is 8.12. The zero-order valence-electron chi connectivity index (χ0n) is 15.6. The minimum absolute atomic E-state index is 0.0876. The monoisotopic (exact) mass is 368 g/mol. The number of urea groups is 1. The van der Waals surface area contributed by atoms with Gasteiger partial charge in [0.1, 0.15) is 17.0 Å². The predicted molar refractivity (Wildman–Crippen MR) is 97.2 cm³/mol.